The van der Waals surface area contributed by atoms with Gasteiger partial charge in [0.1, 0.15) is 17.3 Å². The van der Waals surface area contributed by atoms with Crippen molar-refractivity contribution in [3.63, 3.8) is 0 Å². The molecule has 0 radical (unpaired) electrons. The lowest BCUT2D eigenvalue weighted by atomic mass is 10.2. The van der Waals surface area contributed by atoms with E-state index in [4.69, 9.17) is 9.72 Å². The van der Waals surface area contributed by atoms with Crippen LogP contribution in [0.15, 0.2) is 48.5 Å². The number of carbonyl (C=O) groups excluding carboxylic acids is 1. The lowest BCUT2D eigenvalue weighted by molar-refractivity contribution is 0.0783. The molecule has 0 saturated carbocycles. The predicted molar refractivity (Wildman–Crippen MR) is 114 cm³/mol. The lowest BCUT2D eigenvalue weighted by Gasteiger charge is -2.18. The van der Waals surface area contributed by atoms with E-state index >= 15 is 0 Å². The van der Waals surface area contributed by atoms with Gasteiger partial charge < -0.3 is 19.2 Å². The van der Waals surface area contributed by atoms with Crippen molar-refractivity contribution in [3.05, 3.63) is 60.0 Å². The fourth-order valence-corrected chi connectivity index (χ4v) is 4.41. The molecule has 29 heavy (non-hydrogen) atoms. The Bertz CT molecular complexity index is 1210. The molecule has 2 aromatic carbocycles. The summed E-state index contributed by atoms with van der Waals surface area (Å²) in [6.45, 7) is 3.58. The number of aromatic amines is 1. The number of aromatic nitrogens is 3. The van der Waals surface area contributed by atoms with Gasteiger partial charge in [0.15, 0.2) is 0 Å². The second-order valence-corrected chi connectivity index (χ2v) is 7.57. The molecule has 0 unspecified atom stereocenters. The first-order valence-corrected chi connectivity index (χ1v) is 10.1. The molecule has 3 heterocycles. The minimum atomic E-state index is 0.0464. The maximum absolute atomic E-state index is 13.1. The zero-order valence-electron chi connectivity index (χ0n) is 16.7. The normalized spacial score (nSPS) is 16.8. The Morgan fingerprint density at radius 2 is 2.10 bits per heavy atom. The van der Waals surface area contributed by atoms with E-state index in [2.05, 4.69) is 34.7 Å². The Hall–Kier alpha value is -3.28. The summed E-state index contributed by atoms with van der Waals surface area (Å²) in [7, 11) is 1.65. The number of benzene rings is 2. The zero-order chi connectivity index (χ0) is 20.0. The van der Waals surface area contributed by atoms with E-state index in [-0.39, 0.29) is 11.9 Å². The molecular weight excluding hydrogens is 364 g/mol. The van der Waals surface area contributed by atoms with Crippen molar-refractivity contribution >= 4 is 27.8 Å². The molecule has 5 rings (SSSR count). The number of H-pyrrole nitrogens is 1. The van der Waals surface area contributed by atoms with Crippen molar-refractivity contribution in [1.29, 1.82) is 0 Å². The summed E-state index contributed by atoms with van der Waals surface area (Å²) in [5.74, 6) is 1.92. The Morgan fingerprint density at radius 1 is 1.24 bits per heavy atom. The average molecular weight is 388 g/mol. The van der Waals surface area contributed by atoms with Crippen LogP contribution in [0, 0.1) is 0 Å². The lowest BCUT2D eigenvalue weighted by Crippen LogP contribution is -2.29. The number of hydrogen-bond donors (Lipinski definition) is 1. The summed E-state index contributed by atoms with van der Waals surface area (Å²) in [4.78, 5) is 23.1. The Morgan fingerprint density at radius 3 is 2.93 bits per heavy atom. The van der Waals surface area contributed by atoms with Crippen molar-refractivity contribution in [2.24, 2.45) is 0 Å². The number of para-hydroxylation sites is 2. The Balaban J connectivity index is 1.42. The summed E-state index contributed by atoms with van der Waals surface area (Å²) in [6, 6.07) is 16.2. The summed E-state index contributed by atoms with van der Waals surface area (Å²) >= 11 is 0. The summed E-state index contributed by atoms with van der Waals surface area (Å²) in [6.07, 6.45) is 1.82. The van der Waals surface area contributed by atoms with Crippen LogP contribution < -0.4 is 4.74 Å². The van der Waals surface area contributed by atoms with Crippen LogP contribution in [0.25, 0.3) is 21.9 Å². The number of rotatable bonds is 4. The SMILES string of the molecule is CCc1nc2ccccc2n1[C@@H]1CCN(C(=O)c2cc3cc(OC)ccc3[nH]2)C1. The van der Waals surface area contributed by atoms with Crippen molar-refractivity contribution in [2.75, 3.05) is 20.2 Å². The first-order chi connectivity index (χ1) is 14.2. The summed E-state index contributed by atoms with van der Waals surface area (Å²) in [5, 5.41) is 0.984. The molecule has 1 saturated heterocycles. The molecule has 148 valence electrons. The largest absolute Gasteiger partial charge is 0.497 e. The number of imidazole rings is 1. The quantitative estimate of drug-likeness (QED) is 0.571. The molecule has 6 nitrogen and oxygen atoms in total. The number of nitrogens with one attached hydrogen (secondary N) is 1. The van der Waals surface area contributed by atoms with Gasteiger partial charge in [-0.2, -0.15) is 0 Å². The first kappa shape index (κ1) is 17.8. The van der Waals surface area contributed by atoms with Gasteiger partial charge in [0.2, 0.25) is 0 Å². The smallest absolute Gasteiger partial charge is 0.270 e. The van der Waals surface area contributed by atoms with Gasteiger partial charge in [-0.3, -0.25) is 4.79 Å². The molecule has 1 aliphatic heterocycles. The summed E-state index contributed by atoms with van der Waals surface area (Å²) in [5.41, 5.74) is 3.75. The van der Waals surface area contributed by atoms with Crippen LogP contribution in [-0.2, 0) is 6.42 Å². The highest BCUT2D eigenvalue weighted by molar-refractivity contribution is 5.98. The van der Waals surface area contributed by atoms with Gasteiger partial charge in [0.05, 0.1) is 24.2 Å². The van der Waals surface area contributed by atoms with E-state index < -0.39 is 0 Å². The molecule has 1 amide bonds. The van der Waals surface area contributed by atoms with Gasteiger partial charge in [-0.05, 0) is 42.8 Å². The van der Waals surface area contributed by atoms with Crippen LogP contribution in [0.5, 0.6) is 5.75 Å². The van der Waals surface area contributed by atoms with Crippen molar-refractivity contribution in [1.82, 2.24) is 19.4 Å². The number of carbonyl (C=O) groups is 1. The highest BCUT2D eigenvalue weighted by Crippen LogP contribution is 2.30. The molecule has 0 aliphatic carbocycles. The van der Waals surface area contributed by atoms with Crippen LogP contribution in [-0.4, -0.2) is 45.5 Å². The number of fused-ring (bicyclic) bond motifs is 2. The number of amides is 1. The van der Waals surface area contributed by atoms with Gasteiger partial charge in [-0.15, -0.1) is 0 Å². The monoisotopic (exact) mass is 388 g/mol. The molecule has 1 fully saturated rings. The molecule has 1 aliphatic rings. The summed E-state index contributed by atoms with van der Waals surface area (Å²) < 4.78 is 7.62. The Labute approximate surface area is 169 Å². The topological polar surface area (TPSA) is 63.1 Å². The maximum Gasteiger partial charge on any atom is 0.270 e. The van der Waals surface area contributed by atoms with Gasteiger partial charge in [0.25, 0.3) is 5.91 Å². The molecule has 0 spiro atoms. The van der Waals surface area contributed by atoms with Gasteiger partial charge in [0, 0.05) is 30.4 Å². The molecule has 6 heteroatoms. The van der Waals surface area contributed by atoms with Gasteiger partial charge in [-0.25, -0.2) is 4.98 Å². The number of likely N-dealkylation sites (tertiary alicyclic amines) is 1. The zero-order valence-corrected chi connectivity index (χ0v) is 16.7. The fourth-order valence-electron chi connectivity index (χ4n) is 4.41. The van der Waals surface area contributed by atoms with Crippen molar-refractivity contribution < 1.29 is 9.53 Å². The molecule has 1 atom stereocenters. The third-order valence-electron chi connectivity index (χ3n) is 5.86. The van der Waals surface area contributed by atoms with Crippen molar-refractivity contribution in [3.8, 4) is 5.75 Å². The first-order valence-electron chi connectivity index (χ1n) is 10.1. The molecule has 4 aromatic rings. The van der Waals surface area contributed by atoms with E-state index in [1.54, 1.807) is 7.11 Å². The van der Waals surface area contributed by atoms with E-state index in [1.807, 2.05) is 35.2 Å². The van der Waals surface area contributed by atoms with Crippen LogP contribution in [0.1, 0.15) is 35.7 Å². The van der Waals surface area contributed by atoms with E-state index in [0.717, 1.165) is 52.9 Å². The number of methoxy groups -OCH3 is 1. The van der Waals surface area contributed by atoms with Crippen LogP contribution in [0.3, 0.4) is 0 Å². The van der Waals surface area contributed by atoms with Gasteiger partial charge >= 0.3 is 0 Å². The third-order valence-corrected chi connectivity index (χ3v) is 5.86. The highest BCUT2D eigenvalue weighted by atomic mass is 16.5. The second-order valence-electron chi connectivity index (χ2n) is 7.57. The minimum absolute atomic E-state index is 0.0464. The fraction of sp³-hybridized carbons (Fsp3) is 0.304. The van der Waals surface area contributed by atoms with Crippen LogP contribution >= 0.6 is 0 Å². The second kappa shape index (κ2) is 6.95. The number of hydrogen-bond acceptors (Lipinski definition) is 3. The maximum atomic E-state index is 13.1. The minimum Gasteiger partial charge on any atom is -0.497 e. The average Bonchev–Trinajstić information content (AvgIpc) is 3.47. The van der Waals surface area contributed by atoms with Gasteiger partial charge in [-0.1, -0.05) is 19.1 Å². The van der Waals surface area contributed by atoms with E-state index in [9.17, 15) is 4.79 Å². The molecule has 2 aromatic heterocycles. The predicted octanol–water partition coefficient (Wildman–Crippen LogP) is 4.18. The third kappa shape index (κ3) is 2.95. The molecule has 1 N–H and O–H groups in total. The Kier molecular flexibility index (Phi) is 4.27. The molecular formula is C23H24N4O2. The number of aryl methyl sites for hydroxylation is 1. The van der Waals surface area contributed by atoms with Crippen molar-refractivity contribution in [2.45, 2.75) is 25.8 Å². The molecule has 0 bridgehead atoms. The van der Waals surface area contributed by atoms with E-state index in [1.165, 1.54) is 0 Å². The van der Waals surface area contributed by atoms with Crippen LogP contribution in [0.2, 0.25) is 0 Å². The standard InChI is InChI=1S/C23H24N4O2/c1-3-22-25-19-6-4-5-7-21(19)27(22)16-10-11-26(14-16)23(28)20-13-15-12-17(29-2)8-9-18(15)24-20/h4-9,12-13,16,24H,3,10-11,14H2,1-2H3/t16-/m1/s1. The number of ether oxygens (including phenoxy) is 1. The highest BCUT2D eigenvalue weighted by Gasteiger charge is 2.30. The number of nitrogens with zero attached hydrogens (tertiary/aromatic N) is 3. The van der Waals surface area contributed by atoms with Crippen LogP contribution in [0.4, 0.5) is 0 Å². The van der Waals surface area contributed by atoms with E-state index in [0.29, 0.717) is 12.2 Å².